The number of carbonyl (C=O) groups excluding carboxylic acids is 2. The summed E-state index contributed by atoms with van der Waals surface area (Å²) in [6.45, 7) is 10.4. The SMILES string of the molecule is CC(C)(C)OC(=O)C1(C(C)(C)C)OC=CC(=O)O1. The molecule has 0 spiro atoms. The molecule has 0 bridgehead atoms. The Morgan fingerprint density at radius 2 is 1.78 bits per heavy atom. The van der Waals surface area contributed by atoms with Gasteiger partial charge in [-0.25, -0.2) is 9.59 Å². The van der Waals surface area contributed by atoms with Crippen LogP contribution in [0.4, 0.5) is 0 Å². The lowest BCUT2D eigenvalue weighted by Gasteiger charge is -2.42. The van der Waals surface area contributed by atoms with Crippen LogP contribution in [0.25, 0.3) is 0 Å². The Labute approximate surface area is 107 Å². The minimum atomic E-state index is -1.74. The van der Waals surface area contributed by atoms with E-state index in [1.165, 1.54) is 6.26 Å². The third kappa shape index (κ3) is 2.83. The van der Waals surface area contributed by atoms with Gasteiger partial charge in [0.2, 0.25) is 0 Å². The van der Waals surface area contributed by atoms with Gasteiger partial charge >= 0.3 is 17.7 Å². The lowest BCUT2D eigenvalue weighted by molar-refractivity contribution is -0.267. The molecule has 1 aliphatic rings. The third-order valence-corrected chi connectivity index (χ3v) is 2.34. The topological polar surface area (TPSA) is 61.8 Å². The molecule has 0 radical (unpaired) electrons. The first-order valence-electron chi connectivity index (χ1n) is 5.79. The molecule has 1 atom stereocenters. The van der Waals surface area contributed by atoms with Gasteiger partial charge in [0.25, 0.3) is 0 Å². The van der Waals surface area contributed by atoms with E-state index in [1.807, 2.05) is 0 Å². The van der Waals surface area contributed by atoms with Gasteiger partial charge in [-0.3, -0.25) is 0 Å². The Morgan fingerprint density at radius 3 is 2.17 bits per heavy atom. The van der Waals surface area contributed by atoms with E-state index in [-0.39, 0.29) is 0 Å². The lowest BCUT2D eigenvalue weighted by Crippen LogP contribution is -2.57. The summed E-state index contributed by atoms with van der Waals surface area (Å²) in [7, 11) is 0. The monoisotopic (exact) mass is 256 g/mol. The molecule has 102 valence electrons. The van der Waals surface area contributed by atoms with Crippen molar-refractivity contribution in [3.05, 3.63) is 12.3 Å². The van der Waals surface area contributed by atoms with Gasteiger partial charge in [-0.1, -0.05) is 20.8 Å². The maximum Gasteiger partial charge on any atom is 0.394 e. The third-order valence-electron chi connectivity index (χ3n) is 2.34. The summed E-state index contributed by atoms with van der Waals surface area (Å²) in [5.74, 6) is -3.08. The van der Waals surface area contributed by atoms with E-state index in [9.17, 15) is 9.59 Å². The number of ether oxygens (including phenoxy) is 3. The fourth-order valence-electron chi connectivity index (χ4n) is 1.46. The maximum atomic E-state index is 12.3. The summed E-state index contributed by atoms with van der Waals surface area (Å²) >= 11 is 0. The predicted octanol–water partition coefficient (Wildman–Crippen LogP) is 2.16. The summed E-state index contributed by atoms with van der Waals surface area (Å²) < 4.78 is 15.7. The molecule has 0 N–H and O–H groups in total. The van der Waals surface area contributed by atoms with Crippen LogP contribution in [0.3, 0.4) is 0 Å². The summed E-state index contributed by atoms with van der Waals surface area (Å²) in [6.07, 6.45) is 2.29. The molecule has 0 amide bonds. The van der Waals surface area contributed by atoms with Crippen molar-refractivity contribution in [2.45, 2.75) is 52.9 Å². The largest absolute Gasteiger partial charge is 0.454 e. The zero-order valence-corrected chi connectivity index (χ0v) is 11.7. The maximum absolute atomic E-state index is 12.3. The zero-order valence-electron chi connectivity index (χ0n) is 11.7. The minimum Gasteiger partial charge on any atom is -0.454 e. The number of cyclic esters (lactones) is 1. The fourth-order valence-corrected chi connectivity index (χ4v) is 1.46. The predicted molar refractivity (Wildman–Crippen MR) is 64.3 cm³/mol. The summed E-state index contributed by atoms with van der Waals surface area (Å²) in [5.41, 5.74) is -1.44. The zero-order chi connectivity index (χ0) is 14.2. The highest BCUT2D eigenvalue weighted by molar-refractivity contribution is 5.88. The van der Waals surface area contributed by atoms with Crippen molar-refractivity contribution in [3.63, 3.8) is 0 Å². The lowest BCUT2D eigenvalue weighted by atomic mass is 9.84. The first-order chi connectivity index (χ1) is 7.98. The van der Waals surface area contributed by atoms with Gasteiger partial charge in [-0.15, -0.1) is 0 Å². The molecule has 5 nitrogen and oxygen atoms in total. The molecule has 0 aromatic carbocycles. The van der Waals surface area contributed by atoms with E-state index in [1.54, 1.807) is 41.5 Å². The van der Waals surface area contributed by atoms with E-state index in [0.717, 1.165) is 6.08 Å². The molecule has 1 rings (SSSR count). The van der Waals surface area contributed by atoms with Crippen LogP contribution in [0.2, 0.25) is 0 Å². The Balaban J connectivity index is 3.11. The van der Waals surface area contributed by atoms with Gasteiger partial charge in [0.15, 0.2) is 0 Å². The highest BCUT2D eigenvalue weighted by Gasteiger charge is 2.58. The molecule has 0 fully saturated rings. The van der Waals surface area contributed by atoms with E-state index in [4.69, 9.17) is 14.2 Å². The van der Waals surface area contributed by atoms with Crippen LogP contribution < -0.4 is 0 Å². The van der Waals surface area contributed by atoms with E-state index in [2.05, 4.69) is 0 Å². The number of hydrogen-bond acceptors (Lipinski definition) is 5. The molecular weight excluding hydrogens is 236 g/mol. The second-order valence-electron chi connectivity index (χ2n) is 6.21. The molecule has 1 aliphatic heterocycles. The van der Waals surface area contributed by atoms with Gasteiger partial charge in [0, 0.05) is 0 Å². The molecule has 1 unspecified atom stereocenters. The van der Waals surface area contributed by atoms with Crippen LogP contribution in [-0.4, -0.2) is 23.3 Å². The van der Waals surface area contributed by atoms with Crippen molar-refractivity contribution in [3.8, 4) is 0 Å². The van der Waals surface area contributed by atoms with Gasteiger partial charge in [-0.05, 0) is 20.8 Å². The quantitative estimate of drug-likeness (QED) is 0.673. The molecule has 5 heteroatoms. The normalized spacial score (nSPS) is 24.2. The first-order valence-corrected chi connectivity index (χ1v) is 5.79. The Kier molecular flexibility index (Phi) is 3.47. The second-order valence-corrected chi connectivity index (χ2v) is 6.21. The van der Waals surface area contributed by atoms with Crippen molar-refractivity contribution >= 4 is 11.9 Å². The molecule has 0 aromatic rings. The molecule has 0 saturated carbocycles. The fraction of sp³-hybridized carbons (Fsp3) is 0.692. The van der Waals surface area contributed by atoms with Gasteiger partial charge < -0.3 is 14.2 Å². The number of hydrogen-bond donors (Lipinski definition) is 0. The first kappa shape index (κ1) is 14.5. The van der Waals surface area contributed by atoms with Gasteiger partial charge in [0.1, 0.15) is 5.60 Å². The highest BCUT2D eigenvalue weighted by atomic mass is 16.8. The Morgan fingerprint density at radius 1 is 1.22 bits per heavy atom. The minimum absolute atomic E-state index is 0.623. The molecular formula is C13H20O5. The smallest absolute Gasteiger partial charge is 0.394 e. The molecule has 0 aromatic heterocycles. The Bertz CT molecular complexity index is 383. The average Bonchev–Trinajstić information content (AvgIpc) is 2.12. The Hall–Kier alpha value is -1.52. The van der Waals surface area contributed by atoms with E-state index < -0.39 is 28.7 Å². The van der Waals surface area contributed by atoms with Crippen LogP contribution in [0.15, 0.2) is 12.3 Å². The standard InChI is InChI=1S/C13H20O5/c1-11(2,3)13(10(15)18-12(4,5)6)16-8-7-9(14)17-13/h7-8H,1-6H3. The molecule has 0 aliphatic carbocycles. The van der Waals surface area contributed by atoms with Crippen LogP contribution >= 0.6 is 0 Å². The number of esters is 2. The highest BCUT2D eigenvalue weighted by Crippen LogP contribution is 2.39. The molecule has 1 heterocycles. The van der Waals surface area contributed by atoms with Gasteiger partial charge in [0.05, 0.1) is 17.8 Å². The van der Waals surface area contributed by atoms with Crippen LogP contribution in [-0.2, 0) is 23.8 Å². The number of rotatable bonds is 1. The van der Waals surface area contributed by atoms with Crippen LogP contribution in [0.1, 0.15) is 41.5 Å². The van der Waals surface area contributed by atoms with Crippen molar-refractivity contribution in [2.24, 2.45) is 5.41 Å². The molecule has 18 heavy (non-hydrogen) atoms. The molecule has 0 saturated heterocycles. The average molecular weight is 256 g/mol. The number of carbonyl (C=O) groups is 2. The van der Waals surface area contributed by atoms with E-state index in [0.29, 0.717) is 0 Å². The second kappa shape index (κ2) is 4.30. The van der Waals surface area contributed by atoms with Crippen molar-refractivity contribution < 1.29 is 23.8 Å². The summed E-state index contributed by atoms with van der Waals surface area (Å²) in [5, 5.41) is 0. The van der Waals surface area contributed by atoms with Gasteiger partial charge in [-0.2, -0.15) is 0 Å². The summed E-state index contributed by atoms with van der Waals surface area (Å²) in [4.78, 5) is 23.7. The van der Waals surface area contributed by atoms with Crippen molar-refractivity contribution in [2.75, 3.05) is 0 Å². The van der Waals surface area contributed by atoms with Crippen LogP contribution in [0, 0.1) is 5.41 Å². The van der Waals surface area contributed by atoms with Crippen molar-refractivity contribution in [1.82, 2.24) is 0 Å². The van der Waals surface area contributed by atoms with Crippen LogP contribution in [0.5, 0.6) is 0 Å². The summed E-state index contributed by atoms with van der Waals surface area (Å²) in [6, 6.07) is 0. The van der Waals surface area contributed by atoms with E-state index >= 15 is 0 Å². The van der Waals surface area contributed by atoms with Crippen molar-refractivity contribution in [1.29, 1.82) is 0 Å².